The van der Waals surface area contributed by atoms with Gasteiger partial charge in [-0.05, 0) is 18.8 Å². The molecule has 0 aromatic carbocycles. The number of hydrogen-bond acceptors (Lipinski definition) is 3. The van der Waals surface area contributed by atoms with Gasteiger partial charge in [-0.15, -0.1) is 0 Å². The number of hydrogen-bond donors (Lipinski definition) is 2. The van der Waals surface area contributed by atoms with Gasteiger partial charge < -0.3 is 15.8 Å². The molecule has 1 aliphatic rings. The summed E-state index contributed by atoms with van der Waals surface area (Å²) < 4.78 is 0. The molecule has 1 rings (SSSR count). The van der Waals surface area contributed by atoms with Crippen molar-refractivity contribution in [1.82, 2.24) is 5.32 Å². The smallest absolute Gasteiger partial charge is 0.240 e. The van der Waals surface area contributed by atoms with E-state index in [1.807, 2.05) is 13.8 Å². The minimum Gasteiger partial charge on any atom is -0.345 e. The Balaban J connectivity index is 2.59. The van der Waals surface area contributed by atoms with E-state index in [1.165, 1.54) is 0 Å². The van der Waals surface area contributed by atoms with Crippen molar-refractivity contribution in [2.75, 3.05) is 0 Å². The molecule has 0 aromatic rings. The molecule has 0 unspecified atom stereocenters. The Morgan fingerprint density at radius 1 is 1.31 bits per heavy atom. The molecule has 1 amide bonds. The molecule has 1 fully saturated rings. The minimum atomic E-state index is -0.756. The second-order valence-electron chi connectivity index (χ2n) is 5.10. The Morgan fingerprint density at radius 3 is 2.31 bits per heavy atom. The fourth-order valence-electron chi connectivity index (χ4n) is 2.06. The maximum Gasteiger partial charge on any atom is 0.240 e. The molecule has 0 aliphatic heterocycles. The van der Waals surface area contributed by atoms with Gasteiger partial charge in [0.1, 0.15) is 6.29 Å². The van der Waals surface area contributed by atoms with Crippen molar-refractivity contribution in [1.29, 1.82) is 0 Å². The van der Waals surface area contributed by atoms with Gasteiger partial charge in [0, 0.05) is 0 Å². The van der Waals surface area contributed by atoms with Crippen molar-refractivity contribution < 1.29 is 9.59 Å². The molecule has 3 N–H and O–H groups in total. The second kappa shape index (κ2) is 5.43. The lowest BCUT2D eigenvalue weighted by Gasteiger charge is -2.33. The topological polar surface area (TPSA) is 72.2 Å². The normalized spacial score (nSPS) is 21.5. The van der Waals surface area contributed by atoms with E-state index in [1.54, 1.807) is 0 Å². The molecule has 0 bridgehead atoms. The first kappa shape index (κ1) is 13.2. The van der Waals surface area contributed by atoms with Crippen LogP contribution in [0, 0.1) is 5.92 Å². The molecule has 0 saturated heterocycles. The summed E-state index contributed by atoms with van der Waals surface area (Å²) in [5, 5.41) is 2.74. The van der Waals surface area contributed by atoms with Gasteiger partial charge in [-0.2, -0.15) is 0 Å². The molecule has 16 heavy (non-hydrogen) atoms. The number of carbonyl (C=O) groups excluding carboxylic acids is 2. The number of carbonyl (C=O) groups is 2. The van der Waals surface area contributed by atoms with Crippen molar-refractivity contribution in [3.05, 3.63) is 0 Å². The molecule has 0 spiro atoms. The monoisotopic (exact) mass is 226 g/mol. The zero-order chi connectivity index (χ0) is 12.2. The number of aldehydes is 1. The van der Waals surface area contributed by atoms with Crippen molar-refractivity contribution in [3.63, 3.8) is 0 Å². The lowest BCUT2D eigenvalue weighted by Crippen LogP contribution is -2.58. The van der Waals surface area contributed by atoms with Gasteiger partial charge in [0.25, 0.3) is 0 Å². The van der Waals surface area contributed by atoms with Gasteiger partial charge in [0.15, 0.2) is 0 Å². The van der Waals surface area contributed by atoms with E-state index < -0.39 is 11.6 Å². The standard InChI is InChI=1S/C12H22N2O2/c1-9(2)10(8-15)14-11(16)12(13)6-4-3-5-7-12/h8-10H,3-7,13H2,1-2H3,(H,14,16)/t10-/m1/s1. The average molecular weight is 226 g/mol. The molecule has 0 heterocycles. The fraction of sp³-hybridized carbons (Fsp3) is 0.833. The van der Waals surface area contributed by atoms with Crippen LogP contribution in [0.25, 0.3) is 0 Å². The maximum absolute atomic E-state index is 12.0. The summed E-state index contributed by atoms with van der Waals surface area (Å²) in [5.74, 6) is -0.0633. The number of amides is 1. The van der Waals surface area contributed by atoms with Crippen LogP contribution in [-0.4, -0.2) is 23.8 Å². The second-order valence-corrected chi connectivity index (χ2v) is 5.10. The molecular weight excluding hydrogens is 204 g/mol. The molecule has 0 aromatic heterocycles. The van der Waals surface area contributed by atoms with Crippen LogP contribution >= 0.6 is 0 Å². The van der Waals surface area contributed by atoms with Gasteiger partial charge in [-0.3, -0.25) is 4.79 Å². The van der Waals surface area contributed by atoms with Crippen LogP contribution in [0.1, 0.15) is 46.0 Å². The van der Waals surface area contributed by atoms with Crippen LogP contribution in [-0.2, 0) is 9.59 Å². The van der Waals surface area contributed by atoms with Gasteiger partial charge in [-0.25, -0.2) is 0 Å². The minimum absolute atomic E-state index is 0.105. The molecule has 92 valence electrons. The SMILES string of the molecule is CC(C)[C@@H](C=O)NC(=O)C1(N)CCCCC1. The Hall–Kier alpha value is -0.900. The first-order valence-corrected chi connectivity index (χ1v) is 6.05. The summed E-state index contributed by atoms with van der Waals surface area (Å²) in [4.78, 5) is 22.8. The van der Waals surface area contributed by atoms with E-state index >= 15 is 0 Å². The maximum atomic E-state index is 12.0. The zero-order valence-corrected chi connectivity index (χ0v) is 10.2. The molecule has 1 saturated carbocycles. The van der Waals surface area contributed by atoms with Gasteiger partial charge in [-0.1, -0.05) is 33.1 Å². The van der Waals surface area contributed by atoms with E-state index in [-0.39, 0.29) is 11.8 Å². The van der Waals surface area contributed by atoms with E-state index in [0.29, 0.717) is 0 Å². The summed E-state index contributed by atoms with van der Waals surface area (Å²) >= 11 is 0. The summed E-state index contributed by atoms with van der Waals surface area (Å²) in [6.45, 7) is 3.81. The van der Waals surface area contributed by atoms with E-state index in [9.17, 15) is 9.59 Å². The molecule has 4 heteroatoms. The fourth-order valence-corrected chi connectivity index (χ4v) is 2.06. The molecule has 0 radical (unpaired) electrons. The first-order chi connectivity index (χ1) is 7.49. The molecule has 4 nitrogen and oxygen atoms in total. The Labute approximate surface area is 97.0 Å². The van der Waals surface area contributed by atoms with E-state index in [2.05, 4.69) is 5.32 Å². The van der Waals surface area contributed by atoms with Crippen LogP contribution < -0.4 is 11.1 Å². The molecule has 1 aliphatic carbocycles. The highest BCUT2D eigenvalue weighted by Crippen LogP contribution is 2.26. The zero-order valence-electron chi connectivity index (χ0n) is 10.2. The van der Waals surface area contributed by atoms with Crippen molar-refractivity contribution in [2.45, 2.75) is 57.5 Å². The van der Waals surface area contributed by atoms with Crippen molar-refractivity contribution >= 4 is 12.2 Å². The highest BCUT2D eigenvalue weighted by atomic mass is 16.2. The summed E-state index contributed by atoms with van der Waals surface area (Å²) in [6, 6.07) is -0.421. The van der Waals surface area contributed by atoms with Crippen LogP contribution in [0.3, 0.4) is 0 Å². The summed E-state index contributed by atoms with van der Waals surface area (Å²) in [6.07, 6.45) is 5.38. The van der Waals surface area contributed by atoms with Crippen molar-refractivity contribution in [2.24, 2.45) is 11.7 Å². The third kappa shape index (κ3) is 3.04. The summed E-state index contributed by atoms with van der Waals surface area (Å²) in [7, 11) is 0. The highest BCUT2D eigenvalue weighted by Gasteiger charge is 2.36. The largest absolute Gasteiger partial charge is 0.345 e. The molecule has 1 atom stereocenters. The van der Waals surface area contributed by atoms with Crippen LogP contribution in [0.2, 0.25) is 0 Å². The summed E-state index contributed by atoms with van der Waals surface area (Å²) in [5.41, 5.74) is 5.32. The van der Waals surface area contributed by atoms with E-state index in [0.717, 1.165) is 38.4 Å². The Kier molecular flexibility index (Phi) is 4.47. The molecular formula is C12H22N2O2. The first-order valence-electron chi connectivity index (χ1n) is 6.05. The van der Waals surface area contributed by atoms with Gasteiger partial charge >= 0.3 is 0 Å². The number of nitrogens with one attached hydrogen (secondary N) is 1. The van der Waals surface area contributed by atoms with Crippen LogP contribution in [0.4, 0.5) is 0 Å². The van der Waals surface area contributed by atoms with E-state index in [4.69, 9.17) is 5.73 Å². The predicted molar refractivity (Wildman–Crippen MR) is 62.8 cm³/mol. The van der Waals surface area contributed by atoms with Gasteiger partial charge in [0.05, 0.1) is 11.6 Å². The Morgan fingerprint density at radius 2 is 1.88 bits per heavy atom. The average Bonchev–Trinajstić information content (AvgIpc) is 2.26. The number of rotatable bonds is 4. The third-order valence-electron chi connectivity index (χ3n) is 3.36. The quantitative estimate of drug-likeness (QED) is 0.702. The lowest BCUT2D eigenvalue weighted by molar-refractivity contribution is -0.130. The third-order valence-corrected chi connectivity index (χ3v) is 3.36. The number of nitrogens with two attached hydrogens (primary N) is 1. The van der Waals surface area contributed by atoms with Crippen LogP contribution in [0.15, 0.2) is 0 Å². The lowest BCUT2D eigenvalue weighted by atomic mass is 9.81. The van der Waals surface area contributed by atoms with Gasteiger partial charge in [0.2, 0.25) is 5.91 Å². The predicted octanol–water partition coefficient (Wildman–Crippen LogP) is 0.988. The van der Waals surface area contributed by atoms with Crippen LogP contribution in [0.5, 0.6) is 0 Å². The van der Waals surface area contributed by atoms with Crippen molar-refractivity contribution in [3.8, 4) is 0 Å². The highest BCUT2D eigenvalue weighted by molar-refractivity contribution is 5.88. The Bertz CT molecular complexity index is 258.